The van der Waals surface area contributed by atoms with Gasteiger partial charge in [-0.15, -0.1) is 0 Å². The van der Waals surface area contributed by atoms with Gasteiger partial charge in [0.2, 0.25) is 0 Å². The number of hydrogen-bond acceptors (Lipinski definition) is 3. The van der Waals surface area contributed by atoms with Crippen LogP contribution in [0.1, 0.15) is 17.5 Å². The largest absolute Gasteiger partial charge is 0.481 e. The first-order chi connectivity index (χ1) is 11.0. The molecule has 0 unspecified atom stereocenters. The minimum atomic E-state index is -1.29. The molecule has 0 aromatic heterocycles. The summed E-state index contributed by atoms with van der Waals surface area (Å²) in [6, 6.07) is 20.0. The Labute approximate surface area is 135 Å². The quantitative estimate of drug-likeness (QED) is 0.759. The second kappa shape index (κ2) is 10.1. The summed E-state index contributed by atoms with van der Waals surface area (Å²) in [5.41, 5.74) is 7.66. The topological polar surface area (TPSA) is 101 Å². The molecule has 23 heavy (non-hydrogen) atoms. The molecule has 1 atom stereocenters. The lowest BCUT2D eigenvalue weighted by Crippen LogP contribution is -2.32. The predicted molar refractivity (Wildman–Crippen MR) is 88.2 cm³/mol. The van der Waals surface area contributed by atoms with E-state index in [-0.39, 0.29) is 0 Å². The lowest BCUT2D eigenvalue weighted by Gasteiger charge is -2.01. The molecule has 0 fully saturated rings. The average Bonchev–Trinajstić information content (AvgIpc) is 2.55. The van der Waals surface area contributed by atoms with Gasteiger partial charge in [-0.3, -0.25) is 9.59 Å². The molecule has 2 aromatic rings. The number of nitrogens with two attached hydrogens (primary N) is 1. The minimum absolute atomic E-state index is 0.532. The summed E-state index contributed by atoms with van der Waals surface area (Å²) in [4.78, 5) is 19.6. The van der Waals surface area contributed by atoms with E-state index in [9.17, 15) is 9.59 Å². The van der Waals surface area contributed by atoms with E-state index in [4.69, 9.17) is 15.9 Å². The third-order valence-electron chi connectivity index (χ3n) is 3.10. The van der Waals surface area contributed by atoms with Crippen LogP contribution in [0, 0.1) is 0 Å². The number of benzene rings is 2. The fourth-order valence-electron chi connectivity index (χ4n) is 1.85. The predicted octanol–water partition coefficient (Wildman–Crippen LogP) is 2.34. The maximum Gasteiger partial charge on any atom is 0.321 e. The summed E-state index contributed by atoms with van der Waals surface area (Å²) in [5.74, 6) is -2.50. The second-order valence-corrected chi connectivity index (χ2v) is 5.01. The van der Waals surface area contributed by atoms with Crippen LogP contribution >= 0.6 is 0 Å². The van der Waals surface area contributed by atoms with Gasteiger partial charge >= 0.3 is 11.9 Å². The first-order valence-electron chi connectivity index (χ1n) is 7.27. The summed E-state index contributed by atoms with van der Waals surface area (Å²) in [5, 5.41) is 16.0. The highest BCUT2D eigenvalue weighted by Gasteiger charge is 2.14. The van der Waals surface area contributed by atoms with Crippen molar-refractivity contribution in [2.45, 2.75) is 25.3 Å². The number of carboxylic acids is 2. The fourth-order valence-corrected chi connectivity index (χ4v) is 1.85. The minimum Gasteiger partial charge on any atom is -0.481 e. The third-order valence-corrected chi connectivity index (χ3v) is 3.10. The van der Waals surface area contributed by atoms with Crippen molar-refractivity contribution in [3.8, 4) is 0 Å². The molecular weight excluding hydrogens is 294 g/mol. The molecule has 2 rings (SSSR count). The Hall–Kier alpha value is -2.66. The second-order valence-electron chi connectivity index (χ2n) is 5.01. The normalized spacial score (nSPS) is 11.0. The van der Waals surface area contributed by atoms with Crippen molar-refractivity contribution in [3.63, 3.8) is 0 Å². The molecule has 0 heterocycles. The molecule has 0 spiro atoms. The van der Waals surface area contributed by atoms with Crippen LogP contribution in [0.5, 0.6) is 0 Å². The van der Waals surface area contributed by atoms with Crippen LogP contribution in [0.3, 0.4) is 0 Å². The van der Waals surface area contributed by atoms with Crippen molar-refractivity contribution < 1.29 is 19.8 Å². The number of rotatable bonds is 6. The van der Waals surface area contributed by atoms with Gasteiger partial charge in [0.25, 0.3) is 0 Å². The van der Waals surface area contributed by atoms with Gasteiger partial charge < -0.3 is 15.9 Å². The first kappa shape index (κ1) is 18.4. The average molecular weight is 315 g/mol. The smallest absolute Gasteiger partial charge is 0.321 e. The van der Waals surface area contributed by atoms with E-state index in [1.54, 1.807) is 0 Å². The molecule has 0 aliphatic rings. The van der Waals surface area contributed by atoms with E-state index in [0.717, 1.165) is 12.8 Å². The van der Waals surface area contributed by atoms with Crippen LogP contribution < -0.4 is 5.73 Å². The van der Waals surface area contributed by atoms with Gasteiger partial charge in [0, 0.05) is 0 Å². The van der Waals surface area contributed by atoms with Crippen molar-refractivity contribution in [2.24, 2.45) is 5.73 Å². The highest BCUT2D eigenvalue weighted by atomic mass is 16.4. The summed E-state index contributed by atoms with van der Waals surface area (Å²) >= 11 is 0. The van der Waals surface area contributed by atoms with E-state index in [1.165, 1.54) is 11.1 Å². The Kier molecular flexibility index (Phi) is 8.10. The maximum absolute atomic E-state index is 9.85. The van der Waals surface area contributed by atoms with Crippen molar-refractivity contribution in [1.29, 1.82) is 0 Å². The van der Waals surface area contributed by atoms with Gasteiger partial charge in [0.1, 0.15) is 6.04 Å². The molecule has 0 saturated carbocycles. The van der Waals surface area contributed by atoms with Gasteiger partial charge in [-0.05, 0) is 24.0 Å². The van der Waals surface area contributed by atoms with Crippen molar-refractivity contribution in [2.75, 3.05) is 0 Å². The van der Waals surface area contributed by atoms with Gasteiger partial charge in [0.05, 0.1) is 6.42 Å². The van der Waals surface area contributed by atoms with Gasteiger partial charge in [-0.2, -0.15) is 0 Å². The van der Waals surface area contributed by atoms with E-state index in [1.807, 2.05) is 0 Å². The van der Waals surface area contributed by atoms with Crippen molar-refractivity contribution in [3.05, 3.63) is 71.8 Å². The van der Waals surface area contributed by atoms with Crippen LogP contribution in [0.25, 0.3) is 0 Å². The van der Waals surface area contributed by atoms with Crippen molar-refractivity contribution in [1.82, 2.24) is 0 Å². The highest BCUT2D eigenvalue weighted by Crippen LogP contribution is 2.06. The summed E-state index contributed by atoms with van der Waals surface area (Å²) in [6.07, 6.45) is 1.73. The van der Waals surface area contributed by atoms with Gasteiger partial charge in [-0.1, -0.05) is 60.7 Å². The monoisotopic (exact) mass is 315 g/mol. The Morgan fingerprint density at radius 3 is 1.48 bits per heavy atom. The van der Waals surface area contributed by atoms with Crippen LogP contribution in [0.15, 0.2) is 60.7 Å². The zero-order valence-electron chi connectivity index (χ0n) is 12.8. The lowest BCUT2D eigenvalue weighted by atomic mass is 10.0. The standard InChI is InChI=1S/C14H14.C4H7NO4/c1-3-7-13(8-4-1)11-12-14-9-5-2-6-10-14;5-2(4(8)9)1-3(6)7/h1-10H,11-12H2;2H,1,5H2,(H,6,7)(H,8,9)/t;2-/m.0/s1. The Morgan fingerprint density at radius 2 is 1.22 bits per heavy atom. The molecule has 2 aromatic carbocycles. The number of aliphatic carboxylic acids is 2. The molecule has 5 nitrogen and oxygen atoms in total. The Morgan fingerprint density at radius 1 is 0.826 bits per heavy atom. The maximum atomic E-state index is 9.85. The lowest BCUT2D eigenvalue weighted by molar-refractivity contribution is -0.144. The van der Waals surface area contributed by atoms with Gasteiger partial charge in [-0.25, -0.2) is 0 Å². The van der Waals surface area contributed by atoms with Crippen LogP contribution in [0.4, 0.5) is 0 Å². The highest BCUT2D eigenvalue weighted by molar-refractivity contribution is 5.80. The van der Waals surface area contributed by atoms with E-state index in [0.29, 0.717) is 0 Å². The molecule has 0 bridgehead atoms. The van der Waals surface area contributed by atoms with Crippen LogP contribution in [-0.4, -0.2) is 28.2 Å². The summed E-state index contributed by atoms with van der Waals surface area (Å²) < 4.78 is 0. The zero-order valence-corrected chi connectivity index (χ0v) is 12.8. The van der Waals surface area contributed by atoms with E-state index < -0.39 is 24.4 Å². The summed E-state index contributed by atoms with van der Waals surface area (Å²) in [7, 11) is 0. The molecule has 0 saturated heterocycles. The van der Waals surface area contributed by atoms with Crippen molar-refractivity contribution >= 4 is 11.9 Å². The number of hydrogen-bond donors (Lipinski definition) is 3. The van der Waals surface area contributed by atoms with Crippen LogP contribution in [-0.2, 0) is 22.4 Å². The fraction of sp³-hybridized carbons (Fsp3) is 0.222. The molecule has 5 heteroatoms. The molecule has 0 aliphatic heterocycles. The van der Waals surface area contributed by atoms with E-state index in [2.05, 4.69) is 60.7 Å². The summed E-state index contributed by atoms with van der Waals surface area (Å²) in [6.45, 7) is 0. The SMILES string of the molecule is N[C@@H](CC(=O)O)C(=O)O.c1ccc(CCc2ccccc2)cc1. The Balaban J connectivity index is 0.000000257. The first-order valence-corrected chi connectivity index (χ1v) is 7.27. The Bertz CT molecular complexity index is 559. The number of carboxylic acid groups (broad SMARTS) is 2. The van der Waals surface area contributed by atoms with Gasteiger partial charge in [0.15, 0.2) is 0 Å². The van der Waals surface area contributed by atoms with Crippen LogP contribution in [0.2, 0.25) is 0 Å². The molecular formula is C18H21NO4. The zero-order chi connectivity index (χ0) is 17.1. The third kappa shape index (κ3) is 8.38. The molecule has 0 aliphatic carbocycles. The van der Waals surface area contributed by atoms with E-state index >= 15 is 0 Å². The molecule has 122 valence electrons. The number of carbonyl (C=O) groups is 2. The molecule has 0 radical (unpaired) electrons. The molecule has 0 amide bonds. The number of aryl methyl sites for hydroxylation is 2. The molecule has 4 N–H and O–H groups in total.